The molecule has 0 bridgehead atoms. The molecule has 4 nitrogen and oxygen atoms in total. The van der Waals surface area contributed by atoms with Crippen LogP contribution in [-0.4, -0.2) is 14.7 Å². The Bertz CT molecular complexity index is 818. The number of anilines is 1. The molecule has 0 saturated carbocycles. The lowest BCUT2D eigenvalue weighted by molar-refractivity contribution is 0.917. The average Bonchev–Trinajstić information content (AvgIpc) is 2.77. The van der Waals surface area contributed by atoms with Gasteiger partial charge in [-0.25, -0.2) is 0 Å². The minimum Gasteiger partial charge on any atom is -0.330 e. The molecule has 20 heavy (non-hydrogen) atoms. The summed E-state index contributed by atoms with van der Waals surface area (Å²) in [6.45, 7) is 0. The lowest BCUT2D eigenvalue weighted by Gasteiger charge is -2.01. The number of pyridine rings is 1. The molecule has 2 heterocycles. The second-order valence-electron chi connectivity index (χ2n) is 4.20. The van der Waals surface area contributed by atoms with Gasteiger partial charge in [0.2, 0.25) is 0 Å². The van der Waals surface area contributed by atoms with E-state index in [1.165, 1.54) is 4.70 Å². The van der Waals surface area contributed by atoms with Crippen molar-refractivity contribution in [2.24, 2.45) is 12.0 Å². The van der Waals surface area contributed by atoms with Crippen LogP contribution in [0.3, 0.4) is 0 Å². The van der Waals surface area contributed by atoms with E-state index in [4.69, 9.17) is 12.2 Å². The van der Waals surface area contributed by atoms with Crippen LogP contribution in [0.2, 0.25) is 0 Å². The molecule has 0 atom stereocenters. The van der Waals surface area contributed by atoms with E-state index < -0.39 is 0 Å². The van der Waals surface area contributed by atoms with Crippen LogP contribution in [0.5, 0.6) is 0 Å². The highest BCUT2D eigenvalue weighted by Gasteiger charge is 2.02. The van der Waals surface area contributed by atoms with E-state index in [1.54, 1.807) is 23.7 Å². The summed E-state index contributed by atoms with van der Waals surface area (Å²) < 4.78 is 3.23. The number of fused-ring (bicyclic) bond motifs is 1. The molecule has 0 spiro atoms. The molecular formula is C14H12N4S2. The molecule has 3 rings (SSSR count). The van der Waals surface area contributed by atoms with Crippen LogP contribution in [-0.2, 0) is 7.05 Å². The van der Waals surface area contributed by atoms with Gasteiger partial charge >= 0.3 is 0 Å². The fourth-order valence-electron chi connectivity index (χ4n) is 1.86. The Labute approximate surface area is 125 Å². The van der Waals surface area contributed by atoms with Gasteiger partial charge in [0.25, 0.3) is 0 Å². The van der Waals surface area contributed by atoms with E-state index in [0.717, 1.165) is 16.0 Å². The summed E-state index contributed by atoms with van der Waals surface area (Å²) in [5.41, 5.74) is 1.99. The van der Waals surface area contributed by atoms with E-state index in [-0.39, 0.29) is 0 Å². The highest BCUT2D eigenvalue weighted by atomic mass is 32.1. The Kier molecular flexibility index (Phi) is 3.58. The molecule has 1 aromatic carbocycles. The number of hydrogen-bond donors (Lipinski definition) is 1. The van der Waals surface area contributed by atoms with E-state index in [9.17, 15) is 0 Å². The van der Waals surface area contributed by atoms with Crippen molar-refractivity contribution in [1.82, 2.24) is 9.55 Å². The molecule has 0 saturated heterocycles. The van der Waals surface area contributed by atoms with E-state index in [1.807, 2.05) is 35.9 Å². The number of nitrogens with one attached hydrogen (secondary N) is 1. The first kappa shape index (κ1) is 13.0. The fraction of sp³-hybridized carbons (Fsp3) is 0.0714. The summed E-state index contributed by atoms with van der Waals surface area (Å²) in [4.78, 5) is 9.36. The summed E-state index contributed by atoms with van der Waals surface area (Å²) in [5, 5.41) is 3.49. The van der Waals surface area contributed by atoms with Gasteiger partial charge in [-0.15, -0.1) is 0 Å². The summed E-state index contributed by atoms with van der Waals surface area (Å²) in [5.74, 6) is 0. The maximum Gasteiger partial charge on any atom is 0.199 e. The number of benzene rings is 1. The quantitative estimate of drug-likeness (QED) is 0.703. The minimum atomic E-state index is 0.431. The van der Waals surface area contributed by atoms with Crippen molar-refractivity contribution in [2.75, 3.05) is 5.32 Å². The fourth-order valence-corrected chi connectivity index (χ4v) is 3.15. The van der Waals surface area contributed by atoms with Gasteiger partial charge in [0.15, 0.2) is 9.91 Å². The third-order valence-corrected chi connectivity index (χ3v) is 4.13. The SMILES string of the molecule is Cn1c(=NC(=S)Nc2cccnc2)sc2ccccc21. The van der Waals surface area contributed by atoms with Crippen molar-refractivity contribution in [3.63, 3.8) is 0 Å². The van der Waals surface area contributed by atoms with E-state index >= 15 is 0 Å². The van der Waals surface area contributed by atoms with Gasteiger partial charge in [0.05, 0.1) is 22.1 Å². The van der Waals surface area contributed by atoms with Gasteiger partial charge in [0, 0.05) is 13.2 Å². The molecule has 0 aliphatic carbocycles. The molecule has 6 heteroatoms. The first-order chi connectivity index (χ1) is 9.74. The van der Waals surface area contributed by atoms with Crippen LogP contribution in [0.4, 0.5) is 5.69 Å². The van der Waals surface area contributed by atoms with Crippen molar-refractivity contribution >= 4 is 44.6 Å². The number of aromatic nitrogens is 2. The molecule has 0 amide bonds. The Morgan fingerprint density at radius 1 is 1.30 bits per heavy atom. The Morgan fingerprint density at radius 3 is 2.90 bits per heavy atom. The van der Waals surface area contributed by atoms with Gasteiger partial charge in [-0.2, -0.15) is 4.99 Å². The number of nitrogens with zero attached hydrogens (tertiary/aromatic N) is 3. The van der Waals surface area contributed by atoms with Gasteiger partial charge in [0.1, 0.15) is 0 Å². The number of rotatable bonds is 1. The molecule has 1 N–H and O–H groups in total. The average molecular weight is 300 g/mol. The molecular weight excluding hydrogens is 288 g/mol. The number of hydrogen-bond acceptors (Lipinski definition) is 3. The summed E-state index contributed by atoms with van der Waals surface area (Å²) in [7, 11) is 1.99. The maximum absolute atomic E-state index is 5.27. The molecule has 2 aromatic heterocycles. The van der Waals surface area contributed by atoms with Gasteiger partial charge < -0.3 is 9.88 Å². The van der Waals surface area contributed by atoms with Crippen LogP contribution >= 0.6 is 23.6 Å². The van der Waals surface area contributed by atoms with Crippen molar-refractivity contribution < 1.29 is 0 Å². The van der Waals surface area contributed by atoms with Crippen LogP contribution in [0.1, 0.15) is 0 Å². The number of aryl methyl sites for hydroxylation is 1. The zero-order chi connectivity index (χ0) is 13.9. The summed E-state index contributed by atoms with van der Waals surface area (Å²) in [6, 6.07) is 11.9. The van der Waals surface area contributed by atoms with Gasteiger partial charge in [-0.1, -0.05) is 23.5 Å². The third-order valence-electron chi connectivity index (χ3n) is 2.82. The maximum atomic E-state index is 5.27. The standard InChI is InChI=1S/C14H12N4S2/c1-18-11-6-2-3-7-12(11)20-14(18)17-13(19)16-10-5-4-8-15-9-10/h2-9H,1H3,(H,16,19). The first-order valence-electron chi connectivity index (χ1n) is 6.04. The summed E-state index contributed by atoms with van der Waals surface area (Å²) in [6.07, 6.45) is 3.43. The number of thiocarbonyl (C=S) groups is 1. The summed E-state index contributed by atoms with van der Waals surface area (Å²) >= 11 is 6.89. The molecule has 0 fully saturated rings. The highest BCUT2D eigenvalue weighted by Crippen LogP contribution is 2.15. The van der Waals surface area contributed by atoms with Crippen LogP contribution < -0.4 is 10.1 Å². The van der Waals surface area contributed by atoms with Crippen molar-refractivity contribution in [3.8, 4) is 0 Å². The molecule has 0 unspecified atom stereocenters. The Morgan fingerprint density at radius 2 is 2.15 bits per heavy atom. The number of para-hydroxylation sites is 1. The van der Waals surface area contributed by atoms with Crippen molar-refractivity contribution in [2.45, 2.75) is 0 Å². The lowest BCUT2D eigenvalue weighted by Crippen LogP contribution is -2.16. The van der Waals surface area contributed by atoms with Crippen LogP contribution in [0.25, 0.3) is 10.2 Å². The predicted octanol–water partition coefficient (Wildman–Crippen LogP) is 2.93. The van der Waals surface area contributed by atoms with Gasteiger partial charge in [-0.05, 0) is 36.5 Å². The Hall–Kier alpha value is -2.05. The highest BCUT2D eigenvalue weighted by molar-refractivity contribution is 7.80. The molecule has 0 aliphatic rings. The monoisotopic (exact) mass is 300 g/mol. The predicted molar refractivity (Wildman–Crippen MR) is 86.8 cm³/mol. The Balaban J connectivity index is 1.94. The topological polar surface area (TPSA) is 42.2 Å². The van der Waals surface area contributed by atoms with Gasteiger partial charge in [-0.3, -0.25) is 4.98 Å². The zero-order valence-electron chi connectivity index (χ0n) is 10.8. The van der Waals surface area contributed by atoms with Crippen molar-refractivity contribution in [1.29, 1.82) is 0 Å². The number of thiazole rings is 1. The first-order valence-corrected chi connectivity index (χ1v) is 7.27. The second-order valence-corrected chi connectivity index (χ2v) is 5.59. The van der Waals surface area contributed by atoms with Crippen molar-refractivity contribution in [3.05, 3.63) is 53.6 Å². The molecule has 100 valence electrons. The van der Waals surface area contributed by atoms with Crippen LogP contribution in [0.15, 0.2) is 53.8 Å². The van der Waals surface area contributed by atoms with E-state index in [2.05, 4.69) is 27.4 Å². The zero-order valence-corrected chi connectivity index (χ0v) is 12.4. The van der Waals surface area contributed by atoms with E-state index in [0.29, 0.717) is 5.11 Å². The normalized spacial score (nSPS) is 11.8. The minimum absolute atomic E-state index is 0.431. The molecule has 0 aliphatic heterocycles. The van der Waals surface area contributed by atoms with Crippen LogP contribution in [0, 0.1) is 0 Å². The largest absolute Gasteiger partial charge is 0.330 e. The third kappa shape index (κ3) is 2.61. The molecule has 0 radical (unpaired) electrons. The molecule has 3 aromatic rings. The second kappa shape index (κ2) is 5.52. The lowest BCUT2D eigenvalue weighted by atomic mass is 10.3. The smallest absolute Gasteiger partial charge is 0.199 e.